The number of ether oxygens (including phenoxy) is 2. The molecule has 248 valence electrons. The molecule has 9 atom stereocenters. The molecule has 1 amide bonds. The quantitative estimate of drug-likeness (QED) is 0.315. The van der Waals surface area contributed by atoms with E-state index in [4.69, 9.17) is 34.6 Å². The van der Waals surface area contributed by atoms with Crippen LogP contribution in [0.5, 0.6) is 0 Å². The Morgan fingerprint density at radius 2 is 2.07 bits per heavy atom. The van der Waals surface area contributed by atoms with Crippen LogP contribution >= 0.6 is 19.4 Å². The van der Waals surface area contributed by atoms with Gasteiger partial charge in [-0.1, -0.05) is 50.9 Å². The van der Waals surface area contributed by atoms with E-state index in [1.54, 1.807) is 24.3 Å². The fraction of sp³-hybridized carbons (Fsp3) is 0.633. The predicted octanol–water partition coefficient (Wildman–Crippen LogP) is 5.22. The van der Waals surface area contributed by atoms with Gasteiger partial charge >= 0.3 is 19.6 Å². The SMILES string of the molecule is CC(C)[C@@H]1CC[C@@H](C)C[C@H]1OC(=O)Nc1ccn([C@@H]2O[C@H](COP3(=O)OCC[C@@H](c4cccc(Cl)c4)O3)[C@@H](O)[C@@]2(C)O)c(=O)n1. The molecular weight excluding hydrogens is 629 g/mol. The average Bonchev–Trinajstić information content (AvgIpc) is 3.19. The van der Waals surface area contributed by atoms with E-state index in [2.05, 4.69) is 31.1 Å². The summed E-state index contributed by atoms with van der Waals surface area (Å²) >= 11 is 6.08. The Hall–Kier alpha value is -2.35. The zero-order valence-electron chi connectivity index (χ0n) is 25.7. The third kappa shape index (κ3) is 7.80. The maximum absolute atomic E-state index is 13.2. The average molecular weight is 670 g/mol. The van der Waals surface area contributed by atoms with E-state index >= 15 is 0 Å². The largest absolute Gasteiger partial charge is 0.475 e. The lowest BCUT2D eigenvalue weighted by Gasteiger charge is -2.36. The molecule has 0 bridgehead atoms. The first-order chi connectivity index (χ1) is 21.3. The van der Waals surface area contributed by atoms with Crippen LogP contribution in [0.4, 0.5) is 10.6 Å². The third-order valence-electron chi connectivity index (χ3n) is 8.79. The van der Waals surface area contributed by atoms with E-state index in [-0.39, 0.29) is 24.4 Å². The van der Waals surface area contributed by atoms with Crippen molar-refractivity contribution in [1.29, 1.82) is 0 Å². The molecule has 1 aromatic heterocycles. The molecule has 2 aromatic rings. The maximum atomic E-state index is 13.2. The lowest BCUT2D eigenvalue weighted by Crippen LogP contribution is -2.46. The molecule has 3 aliphatic rings. The summed E-state index contributed by atoms with van der Waals surface area (Å²) in [5.41, 5.74) is -2.12. The molecule has 1 aliphatic carbocycles. The highest BCUT2D eigenvalue weighted by atomic mass is 35.5. The first-order valence-corrected chi connectivity index (χ1v) is 17.1. The maximum Gasteiger partial charge on any atom is 0.475 e. The number of halogens is 1. The number of aliphatic hydroxyl groups is 2. The number of amides is 1. The Kier molecular flexibility index (Phi) is 10.4. The zero-order valence-corrected chi connectivity index (χ0v) is 27.4. The normalized spacial score (nSPS) is 35.3. The second-order valence-corrected chi connectivity index (χ2v) is 14.7. The molecule has 0 radical (unpaired) electrons. The summed E-state index contributed by atoms with van der Waals surface area (Å²) in [6.07, 6.45) is -1.14. The van der Waals surface area contributed by atoms with Gasteiger partial charge in [0.05, 0.1) is 19.3 Å². The Labute approximate surface area is 266 Å². The highest BCUT2D eigenvalue weighted by Crippen LogP contribution is 2.57. The van der Waals surface area contributed by atoms with Gasteiger partial charge in [0.1, 0.15) is 29.7 Å². The number of benzene rings is 1. The molecular formula is C30H41ClN3O10P. The fourth-order valence-electron chi connectivity index (χ4n) is 6.24. The fourth-order valence-corrected chi connectivity index (χ4v) is 7.83. The molecule has 45 heavy (non-hydrogen) atoms. The molecule has 1 aromatic carbocycles. The molecule has 2 aliphatic heterocycles. The highest BCUT2D eigenvalue weighted by Gasteiger charge is 2.54. The number of carbonyl (C=O) groups is 1. The molecule has 1 saturated carbocycles. The van der Waals surface area contributed by atoms with Gasteiger partial charge in [0.15, 0.2) is 6.23 Å². The van der Waals surface area contributed by atoms with Gasteiger partial charge in [-0.05, 0) is 61.3 Å². The number of aromatic nitrogens is 2. The van der Waals surface area contributed by atoms with Crippen LogP contribution in [0.3, 0.4) is 0 Å². The minimum atomic E-state index is -4.07. The van der Waals surface area contributed by atoms with E-state index < -0.39 is 56.4 Å². The second-order valence-electron chi connectivity index (χ2n) is 12.6. The number of phosphoric ester groups is 1. The summed E-state index contributed by atoms with van der Waals surface area (Å²) in [7, 11) is -4.07. The minimum Gasteiger partial charge on any atom is -0.446 e. The Bertz CT molecular complexity index is 1470. The number of nitrogens with one attached hydrogen (secondary N) is 1. The number of carbonyl (C=O) groups excluding carboxylic acids is 1. The van der Waals surface area contributed by atoms with Gasteiger partial charge in [-0.2, -0.15) is 4.98 Å². The number of rotatable bonds is 8. The number of anilines is 1. The number of phosphoric acid groups is 1. The first-order valence-electron chi connectivity index (χ1n) is 15.2. The number of hydrogen-bond donors (Lipinski definition) is 3. The number of hydrogen-bond acceptors (Lipinski definition) is 11. The van der Waals surface area contributed by atoms with Gasteiger partial charge in [-0.15, -0.1) is 0 Å². The molecule has 3 heterocycles. The zero-order chi connectivity index (χ0) is 32.5. The topological polar surface area (TPSA) is 168 Å². The minimum absolute atomic E-state index is 0.0387. The molecule has 15 heteroatoms. The van der Waals surface area contributed by atoms with Crippen molar-refractivity contribution in [3.8, 4) is 0 Å². The predicted molar refractivity (Wildman–Crippen MR) is 164 cm³/mol. The lowest BCUT2D eigenvalue weighted by molar-refractivity contribution is -0.0989. The van der Waals surface area contributed by atoms with E-state index in [1.807, 2.05) is 0 Å². The van der Waals surface area contributed by atoms with Crippen LogP contribution in [0.1, 0.15) is 71.3 Å². The van der Waals surface area contributed by atoms with Crippen LogP contribution in [0.25, 0.3) is 0 Å². The van der Waals surface area contributed by atoms with Crippen LogP contribution in [0.2, 0.25) is 5.02 Å². The summed E-state index contributed by atoms with van der Waals surface area (Å²) in [5, 5.41) is 25.0. The van der Waals surface area contributed by atoms with Crippen molar-refractivity contribution in [3.05, 3.63) is 57.6 Å². The summed E-state index contributed by atoms with van der Waals surface area (Å²) in [6, 6.07) is 8.30. The van der Waals surface area contributed by atoms with Crippen molar-refractivity contribution < 1.29 is 42.6 Å². The van der Waals surface area contributed by atoms with Crippen LogP contribution in [0, 0.1) is 17.8 Å². The van der Waals surface area contributed by atoms with Crippen LogP contribution in [-0.4, -0.2) is 63.0 Å². The Balaban J connectivity index is 1.21. The smallest absolute Gasteiger partial charge is 0.446 e. The molecule has 5 rings (SSSR count). The molecule has 0 spiro atoms. The number of aliphatic hydroxyl groups excluding tert-OH is 1. The van der Waals surface area contributed by atoms with Crippen molar-refractivity contribution in [2.24, 2.45) is 17.8 Å². The summed E-state index contributed by atoms with van der Waals surface area (Å²) in [5.74, 6) is 1.01. The molecule has 1 unspecified atom stereocenters. The van der Waals surface area contributed by atoms with Crippen LogP contribution < -0.4 is 11.0 Å². The first kappa shape index (κ1) is 34.0. The molecule has 13 nitrogen and oxygen atoms in total. The van der Waals surface area contributed by atoms with Crippen LogP contribution in [-0.2, 0) is 27.6 Å². The van der Waals surface area contributed by atoms with Gasteiger partial charge in [0, 0.05) is 17.6 Å². The third-order valence-corrected chi connectivity index (χ3v) is 10.5. The Morgan fingerprint density at radius 1 is 1.29 bits per heavy atom. The monoisotopic (exact) mass is 669 g/mol. The van der Waals surface area contributed by atoms with E-state index in [0.717, 1.165) is 23.8 Å². The second kappa shape index (κ2) is 13.8. The van der Waals surface area contributed by atoms with Gasteiger partial charge in [-0.25, -0.2) is 14.2 Å². The van der Waals surface area contributed by atoms with Crippen molar-refractivity contribution in [2.75, 3.05) is 18.5 Å². The van der Waals surface area contributed by atoms with Gasteiger partial charge in [0.25, 0.3) is 0 Å². The van der Waals surface area contributed by atoms with Gasteiger partial charge < -0.3 is 19.7 Å². The number of nitrogens with zero attached hydrogens (tertiary/aromatic N) is 2. The van der Waals surface area contributed by atoms with Crippen molar-refractivity contribution in [3.63, 3.8) is 0 Å². The van der Waals surface area contributed by atoms with Crippen molar-refractivity contribution in [2.45, 2.75) is 89.6 Å². The van der Waals surface area contributed by atoms with Gasteiger partial charge in [0.2, 0.25) is 0 Å². The Morgan fingerprint density at radius 3 is 2.78 bits per heavy atom. The van der Waals surface area contributed by atoms with Crippen molar-refractivity contribution in [1.82, 2.24) is 9.55 Å². The molecule has 2 saturated heterocycles. The standard InChI is InChI=1S/C30H41ClN3O10P/c1-17(2)21-9-8-18(3)14-23(21)43-29(37)33-25-10-12-34(28(36)32-25)27-30(4,38)26(35)24(42-27)16-41-45(39)40-13-11-22(44-45)19-6-5-7-20(31)15-19/h5-7,10,12,15,17-18,21-24,26-27,35,38H,8-9,11,13-14,16H2,1-4H3,(H,32,33,36,37)/t18-,21+,22+,23-,24-,26-,27-,30-,45?/m1/s1. The van der Waals surface area contributed by atoms with E-state index in [0.29, 0.717) is 28.8 Å². The summed E-state index contributed by atoms with van der Waals surface area (Å²) in [6.45, 7) is 7.27. The van der Waals surface area contributed by atoms with E-state index in [9.17, 15) is 24.4 Å². The van der Waals surface area contributed by atoms with Crippen molar-refractivity contribution >= 4 is 31.3 Å². The highest BCUT2D eigenvalue weighted by molar-refractivity contribution is 7.48. The lowest BCUT2D eigenvalue weighted by atomic mass is 9.75. The molecule has 3 fully saturated rings. The van der Waals surface area contributed by atoms with Gasteiger partial charge in [-0.3, -0.25) is 23.5 Å². The van der Waals surface area contributed by atoms with E-state index in [1.165, 1.54) is 19.2 Å². The van der Waals surface area contributed by atoms with Crippen LogP contribution in [0.15, 0.2) is 41.3 Å². The summed E-state index contributed by atoms with van der Waals surface area (Å²) in [4.78, 5) is 29.6. The molecule has 3 N–H and O–H groups in total. The summed E-state index contributed by atoms with van der Waals surface area (Å²) < 4.78 is 42.2.